The maximum Gasteiger partial charge on any atom is 0.241 e. The van der Waals surface area contributed by atoms with E-state index in [9.17, 15) is 4.79 Å². The lowest BCUT2D eigenvalue weighted by Crippen LogP contribution is -2.35. The van der Waals surface area contributed by atoms with Crippen LogP contribution in [0.4, 0.5) is 11.8 Å². The van der Waals surface area contributed by atoms with Gasteiger partial charge < -0.3 is 16.0 Å². The molecular weight excluding hydrogens is 206 g/mol. The quantitative estimate of drug-likeness (QED) is 0.752. The van der Waals surface area contributed by atoms with Crippen LogP contribution in [0.2, 0.25) is 0 Å². The Bertz CT molecular complexity index is 351. The van der Waals surface area contributed by atoms with Crippen LogP contribution in [0.1, 0.15) is 13.8 Å². The third kappa shape index (κ3) is 3.38. The molecule has 0 aliphatic rings. The number of carbonyl (C=O) groups excluding carboxylic acids is 1. The molecule has 0 bridgehead atoms. The Kier molecular flexibility index (Phi) is 4.50. The van der Waals surface area contributed by atoms with Crippen molar-refractivity contribution in [3.05, 3.63) is 12.3 Å². The van der Waals surface area contributed by atoms with Crippen molar-refractivity contribution in [3.8, 4) is 0 Å². The van der Waals surface area contributed by atoms with E-state index in [0.717, 1.165) is 0 Å². The molecular formula is C10H17N5O. The minimum atomic E-state index is 0.0437. The number of likely N-dealkylation sites (N-methyl/N-ethyl adjacent to an activating group) is 1. The van der Waals surface area contributed by atoms with E-state index in [1.165, 1.54) is 0 Å². The Morgan fingerprint density at radius 3 is 2.75 bits per heavy atom. The van der Waals surface area contributed by atoms with E-state index in [1.807, 2.05) is 13.8 Å². The molecule has 6 nitrogen and oxygen atoms in total. The summed E-state index contributed by atoms with van der Waals surface area (Å²) >= 11 is 0. The Labute approximate surface area is 94.9 Å². The average Bonchev–Trinajstić information content (AvgIpc) is 2.28. The Hall–Kier alpha value is -1.85. The highest BCUT2D eigenvalue weighted by molar-refractivity contribution is 5.80. The minimum absolute atomic E-state index is 0.0437. The predicted molar refractivity (Wildman–Crippen MR) is 62.9 cm³/mol. The fourth-order valence-electron chi connectivity index (χ4n) is 1.33. The molecule has 0 fully saturated rings. The topological polar surface area (TPSA) is 84.1 Å². The lowest BCUT2D eigenvalue weighted by atomic mass is 10.4. The van der Waals surface area contributed by atoms with Gasteiger partial charge >= 0.3 is 0 Å². The number of carbonyl (C=O) groups is 1. The Morgan fingerprint density at radius 2 is 2.19 bits per heavy atom. The van der Waals surface area contributed by atoms with E-state index in [4.69, 9.17) is 5.73 Å². The highest BCUT2D eigenvalue weighted by Crippen LogP contribution is 2.02. The summed E-state index contributed by atoms with van der Waals surface area (Å²) in [5.41, 5.74) is 5.42. The summed E-state index contributed by atoms with van der Waals surface area (Å²) in [4.78, 5) is 21.1. The molecule has 6 heteroatoms. The molecule has 16 heavy (non-hydrogen) atoms. The van der Waals surface area contributed by atoms with E-state index < -0.39 is 0 Å². The largest absolute Gasteiger partial charge is 0.368 e. The molecule has 0 spiro atoms. The second kappa shape index (κ2) is 5.89. The number of hydrogen-bond donors (Lipinski definition) is 2. The molecule has 0 unspecified atom stereocenters. The van der Waals surface area contributed by atoms with Crippen LogP contribution in [-0.2, 0) is 4.79 Å². The lowest BCUT2D eigenvalue weighted by molar-refractivity contribution is -0.128. The van der Waals surface area contributed by atoms with Gasteiger partial charge in [-0.25, -0.2) is 4.98 Å². The summed E-state index contributed by atoms with van der Waals surface area (Å²) in [6, 6.07) is 1.67. The second-order valence-electron chi connectivity index (χ2n) is 3.22. The molecule has 0 saturated heterocycles. The summed E-state index contributed by atoms with van der Waals surface area (Å²) in [7, 11) is 0. The molecule has 0 aliphatic heterocycles. The first-order chi connectivity index (χ1) is 7.67. The molecule has 0 aliphatic carbocycles. The molecule has 1 heterocycles. The molecule has 0 saturated carbocycles. The van der Waals surface area contributed by atoms with Gasteiger partial charge in [0.2, 0.25) is 11.9 Å². The maximum absolute atomic E-state index is 11.7. The number of nitrogen functional groups attached to an aromatic ring is 1. The van der Waals surface area contributed by atoms with Gasteiger partial charge in [0.1, 0.15) is 5.82 Å². The summed E-state index contributed by atoms with van der Waals surface area (Å²) in [6.45, 7) is 5.54. The standard InChI is InChI=1S/C10H17N5O/c1-3-15(4-2)9(16)7-13-8-5-6-12-10(11)14-8/h5-6H,3-4,7H2,1-2H3,(H3,11,12,13,14). The maximum atomic E-state index is 11.7. The van der Waals surface area contributed by atoms with Crippen LogP contribution in [0.5, 0.6) is 0 Å². The van der Waals surface area contributed by atoms with E-state index >= 15 is 0 Å². The van der Waals surface area contributed by atoms with Crippen molar-refractivity contribution >= 4 is 17.7 Å². The van der Waals surface area contributed by atoms with Gasteiger partial charge in [0.25, 0.3) is 0 Å². The Morgan fingerprint density at radius 1 is 1.50 bits per heavy atom. The van der Waals surface area contributed by atoms with Gasteiger partial charge in [-0.15, -0.1) is 0 Å². The first-order valence-electron chi connectivity index (χ1n) is 5.27. The molecule has 0 atom stereocenters. The molecule has 0 radical (unpaired) electrons. The first-order valence-corrected chi connectivity index (χ1v) is 5.27. The first kappa shape index (κ1) is 12.2. The Balaban J connectivity index is 2.48. The van der Waals surface area contributed by atoms with Crippen molar-refractivity contribution in [2.75, 3.05) is 30.7 Å². The fraction of sp³-hybridized carbons (Fsp3) is 0.500. The van der Waals surface area contributed by atoms with Gasteiger partial charge in [-0.05, 0) is 19.9 Å². The zero-order chi connectivity index (χ0) is 12.0. The number of nitrogens with zero attached hydrogens (tertiary/aromatic N) is 3. The zero-order valence-corrected chi connectivity index (χ0v) is 9.60. The number of hydrogen-bond acceptors (Lipinski definition) is 5. The second-order valence-corrected chi connectivity index (χ2v) is 3.22. The number of rotatable bonds is 5. The predicted octanol–water partition coefficient (Wildman–Crippen LogP) is 0.339. The molecule has 1 amide bonds. The van der Waals surface area contributed by atoms with Crippen molar-refractivity contribution in [3.63, 3.8) is 0 Å². The van der Waals surface area contributed by atoms with Crippen molar-refractivity contribution in [1.82, 2.24) is 14.9 Å². The van der Waals surface area contributed by atoms with Crippen molar-refractivity contribution in [2.45, 2.75) is 13.8 Å². The number of amides is 1. The average molecular weight is 223 g/mol. The van der Waals surface area contributed by atoms with E-state index in [2.05, 4.69) is 15.3 Å². The van der Waals surface area contributed by atoms with Gasteiger partial charge in [-0.2, -0.15) is 4.98 Å². The van der Waals surface area contributed by atoms with E-state index in [0.29, 0.717) is 18.9 Å². The number of anilines is 2. The number of nitrogens with two attached hydrogens (primary N) is 1. The molecule has 88 valence electrons. The molecule has 1 aromatic heterocycles. The van der Waals surface area contributed by atoms with Gasteiger partial charge in [0.05, 0.1) is 6.54 Å². The zero-order valence-electron chi connectivity index (χ0n) is 9.60. The van der Waals surface area contributed by atoms with Crippen LogP contribution < -0.4 is 11.1 Å². The fourth-order valence-corrected chi connectivity index (χ4v) is 1.33. The van der Waals surface area contributed by atoms with Crippen LogP contribution in [-0.4, -0.2) is 40.4 Å². The van der Waals surface area contributed by atoms with Gasteiger partial charge in [0, 0.05) is 19.3 Å². The monoisotopic (exact) mass is 223 g/mol. The molecule has 1 rings (SSSR count). The van der Waals surface area contributed by atoms with Crippen LogP contribution >= 0.6 is 0 Å². The molecule has 3 N–H and O–H groups in total. The van der Waals surface area contributed by atoms with Crippen LogP contribution in [0.15, 0.2) is 12.3 Å². The van der Waals surface area contributed by atoms with Crippen LogP contribution in [0, 0.1) is 0 Å². The minimum Gasteiger partial charge on any atom is -0.368 e. The van der Waals surface area contributed by atoms with Gasteiger partial charge in [0.15, 0.2) is 0 Å². The van der Waals surface area contributed by atoms with E-state index in [1.54, 1.807) is 17.2 Å². The molecule has 0 aromatic carbocycles. The normalized spacial score (nSPS) is 9.88. The smallest absolute Gasteiger partial charge is 0.241 e. The number of aromatic nitrogens is 2. The van der Waals surface area contributed by atoms with Crippen LogP contribution in [0.3, 0.4) is 0 Å². The highest BCUT2D eigenvalue weighted by atomic mass is 16.2. The third-order valence-electron chi connectivity index (χ3n) is 2.21. The molecule has 1 aromatic rings. The number of nitrogens with one attached hydrogen (secondary N) is 1. The van der Waals surface area contributed by atoms with E-state index in [-0.39, 0.29) is 18.4 Å². The third-order valence-corrected chi connectivity index (χ3v) is 2.21. The lowest BCUT2D eigenvalue weighted by Gasteiger charge is -2.18. The summed E-state index contributed by atoms with van der Waals surface area (Å²) < 4.78 is 0. The summed E-state index contributed by atoms with van der Waals surface area (Å²) in [6.07, 6.45) is 1.55. The van der Waals surface area contributed by atoms with Crippen molar-refractivity contribution in [2.24, 2.45) is 0 Å². The van der Waals surface area contributed by atoms with Crippen LogP contribution in [0.25, 0.3) is 0 Å². The van der Waals surface area contributed by atoms with Crippen molar-refractivity contribution < 1.29 is 4.79 Å². The van der Waals surface area contributed by atoms with Gasteiger partial charge in [-0.1, -0.05) is 0 Å². The summed E-state index contributed by atoms with van der Waals surface area (Å²) in [5.74, 6) is 0.801. The SMILES string of the molecule is CCN(CC)C(=O)CNc1ccnc(N)n1. The van der Waals surface area contributed by atoms with Crippen molar-refractivity contribution in [1.29, 1.82) is 0 Å². The highest BCUT2D eigenvalue weighted by Gasteiger charge is 2.08. The summed E-state index contributed by atoms with van der Waals surface area (Å²) in [5, 5.41) is 2.91. The van der Waals surface area contributed by atoms with Gasteiger partial charge in [-0.3, -0.25) is 4.79 Å².